The highest BCUT2D eigenvalue weighted by molar-refractivity contribution is 6.30. The Morgan fingerprint density at radius 1 is 1.10 bits per heavy atom. The normalized spacial score (nSPS) is 11.1. The zero-order chi connectivity index (χ0) is 20.2. The van der Waals surface area contributed by atoms with Crippen LogP contribution in [0.2, 0.25) is 5.15 Å². The second kappa shape index (κ2) is 8.55. The SMILES string of the molecule is CCCCc1nc(Cl)c(CO)n1-c1ccc(-c2ccccc2)c(-c2nnn[nH]2)c1. The molecule has 0 radical (unpaired) electrons. The van der Waals surface area contributed by atoms with Crippen LogP contribution in [0.25, 0.3) is 28.2 Å². The smallest absolute Gasteiger partial charge is 0.180 e. The summed E-state index contributed by atoms with van der Waals surface area (Å²) in [6.07, 6.45) is 2.80. The summed E-state index contributed by atoms with van der Waals surface area (Å²) >= 11 is 6.32. The number of rotatable bonds is 7. The molecule has 2 aromatic heterocycles. The fourth-order valence-electron chi connectivity index (χ4n) is 3.43. The van der Waals surface area contributed by atoms with Gasteiger partial charge in [0.05, 0.1) is 12.3 Å². The Labute approximate surface area is 173 Å². The summed E-state index contributed by atoms with van der Waals surface area (Å²) in [5.74, 6) is 1.40. The number of aliphatic hydroxyl groups excluding tert-OH is 1. The summed E-state index contributed by atoms with van der Waals surface area (Å²) < 4.78 is 1.93. The number of benzene rings is 2. The van der Waals surface area contributed by atoms with Gasteiger partial charge in [0, 0.05) is 17.7 Å². The van der Waals surface area contributed by atoms with Crippen molar-refractivity contribution in [3.05, 3.63) is 65.2 Å². The van der Waals surface area contributed by atoms with Crippen LogP contribution in [-0.4, -0.2) is 35.3 Å². The number of H-pyrrole nitrogens is 1. The van der Waals surface area contributed by atoms with Crippen molar-refractivity contribution in [3.8, 4) is 28.2 Å². The first-order chi connectivity index (χ1) is 14.2. The number of imidazole rings is 1. The molecule has 0 aliphatic heterocycles. The summed E-state index contributed by atoms with van der Waals surface area (Å²) in [6.45, 7) is 1.93. The van der Waals surface area contributed by atoms with Crippen molar-refractivity contribution in [2.45, 2.75) is 32.8 Å². The quantitative estimate of drug-likeness (QED) is 0.478. The average Bonchev–Trinajstić information content (AvgIpc) is 3.40. The van der Waals surface area contributed by atoms with Gasteiger partial charge in [-0.1, -0.05) is 61.3 Å². The molecule has 0 saturated heterocycles. The van der Waals surface area contributed by atoms with E-state index in [0.717, 1.165) is 47.5 Å². The molecule has 0 spiro atoms. The number of tetrazole rings is 1. The van der Waals surface area contributed by atoms with Gasteiger partial charge < -0.3 is 5.11 Å². The number of aliphatic hydroxyl groups is 1. The van der Waals surface area contributed by atoms with Crippen molar-refractivity contribution >= 4 is 11.6 Å². The van der Waals surface area contributed by atoms with Crippen LogP contribution in [0.1, 0.15) is 31.3 Å². The molecule has 0 unspecified atom stereocenters. The van der Waals surface area contributed by atoms with Crippen molar-refractivity contribution in [3.63, 3.8) is 0 Å². The van der Waals surface area contributed by atoms with Crippen molar-refractivity contribution in [2.75, 3.05) is 0 Å². The van der Waals surface area contributed by atoms with Gasteiger partial charge in [0.2, 0.25) is 0 Å². The Morgan fingerprint density at radius 3 is 2.62 bits per heavy atom. The minimum Gasteiger partial charge on any atom is -0.390 e. The number of hydrogen-bond acceptors (Lipinski definition) is 5. The van der Waals surface area contributed by atoms with Crippen molar-refractivity contribution in [1.29, 1.82) is 0 Å². The Bertz CT molecular complexity index is 1090. The zero-order valence-electron chi connectivity index (χ0n) is 16.0. The van der Waals surface area contributed by atoms with E-state index in [-0.39, 0.29) is 6.61 Å². The number of nitrogens with one attached hydrogen (secondary N) is 1. The molecule has 0 saturated carbocycles. The van der Waals surface area contributed by atoms with Gasteiger partial charge in [-0.15, -0.1) is 5.10 Å². The molecular weight excluding hydrogens is 388 g/mol. The fourth-order valence-corrected chi connectivity index (χ4v) is 3.67. The van der Waals surface area contributed by atoms with Crippen LogP contribution >= 0.6 is 11.6 Å². The standard InChI is InChI=1S/C21H21ClN6O/c1-2-3-9-19-23-20(22)18(13-29)28(19)15-10-11-16(14-7-5-4-6-8-14)17(12-15)21-24-26-27-25-21/h4-8,10-12,29H,2-3,9,13H2,1H3,(H,24,25,26,27). The van der Waals surface area contributed by atoms with Crippen LogP contribution in [-0.2, 0) is 13.0 Å². The van der Waals surface area contributed by atoms with Gasteiger partial charge in [0.25, 0.3) is 0 Å². The van der Waals surface area contributed by atoms with E-state index < -0.39 is 0 Å². The summed E-state index contributed by atoms with van der Waals surface area (Å²) in [5, 5.41) is 24.7. The van der Waals surface area contributed by atoms with Gasteiger partial charge >= 0.3 is 0 Å². The van der Waals surface area contributed by atoms with Gasteiger partial charge in [0.15, 0.2) is 11.0 Å². The Morgan fingerprint density at radius 2 is 1.93 bits per heavy atom. The highest BCUT2D eigenvalue weighted by Crippen LogP contribution is 2.33. The lowest BCUT2D eigenvalue weighted by atomic mass is 9.98. The van der Waals surface area contributed by atoms with E-state index >= 15 is 0 Å². The molecule has 29 heavy (non-hydrogen) atoms. The maximum atomic E-state index is 9.90. The van der Waals surface area contributed by atoms with Gasteiger partial charge in [-0.25, -0.2) is 10.1 Å². The summed E-state index contributed by atoms with van der Waals surface area (Å²) in [6, 6.07) is 16.1. The third-order valence-electron chi connectivity index (χ3n) is 4.84. The average molecular weight is 409 g/mol. The minimum atomic E-state index is -0.197. The highest BCUT2D eigenvalue weighted by Gasteiger charge is 2.19. The van der Waals surface area contributed by atoms with Crippen LogP contribution in [0, 0.1) is 0 Å². The van der Waals surface area contributed by atoms with Crippen LogP contribution in [0.3, 0.4) is 0 Å². The molecule has 4 rings (SSSR count). The number of aryl methyl sites for hydroxylation is 1. The third-order valence-corrected chi connectivity index (χ3v) is 5.15. The molecular formula is C21H21ClN6O. The molecule has 4 aromatic rings. The van der Waals surface area contributed by atoms with Gasteiger partial charge in [-0.3, -0.25) is 4.57 Å². The first-order valence-electron chi connectivity index (χ1n) is 9.53. The van der Waals surface area contributed by atoms with Crippen molar-refractivity contribution in [2.24, 2.45) is 0 Å². The van der Waals surface area contributed by atoms with Crippen LogP contribution in [0.5, 0.6) is 0 Å². The molecule has 0 bridgehead atoms. The lowest BCUT2D eigenvalue weighted by Gasteiger charge is -2.15. The Balaban J connectivity index is 1.90. The topological polar surface area (TPSA) is 92.5 Å². The molecule has 0 aliphatic rings. The monoisotopic (exact) mass is 408 g/mol. The Hall–Kier alpha value is -3.03. The second-order valence-electron chi connectivity index (χ2n) is 6.71. The van der Waals surface area contributed by atoms with Gasteiger partial charge in [-0.05, 0) is 40.1 Å². The molecule has 0 aliphatic carbocycles. The zero-order valence-corrected chi connectivity index (χ0v) is 16.8. The van der Waals surface area contributed by atoms with E-state index in [0.29, 0.717) is 16.7 Å². The van der Waals surface area contributed by atoms with E-state index in [1.807, 2.05) is 53.1 Å². The first kappa shape index (κ1) is 19.3. The van der Waals surface area contributed by atoms with Crippen molar-refractivity contribution in [1.82, 2.24) is 30.2 Å². The predicted molar refractivity (Wildman–Crippen MR) is 112 cm³/mol. The first-order valence-corrected chi connectivity index (χ1v) is 9.91. The molecule has 0 fully saturated rings. The molecule has 2 aromatic carbocycles. The molecule has 7 nitrogen and oxygen atoms in total. The number of unbranched alkanes of at least 4 members (excludes halogenated alkanes) is 1. The van der Waals surface area contributed by atoms with E-state index in [1.165, 1.54) is 0 Å². The molecule has 2 N–H and O–H groups in total. The highest BCUT2D eigenvalue weighted by atomic mass is 35.5. The summed E-state index contributed by atoms with van der Waals surface area (Å²) in [5.41, 5.74) is 4.34. The number of halogens is 1. The maximum absolute atomic E-state index is 9.90. The van der Waals surface area contributed by atoms with E-state index in [4.69, 9.17) is 11.6 Å². The third kappa shape index (κ3) is 3.79. The number of hydrogen-bond donors (Lipinski definition) is 2. The Kier molecular flexibility index (Phi) is 5.69. The molecule has 8 heteroatoms. The van der Waals surface area contributed by atoms with Crippen LogP contribution in [0.15, 0.2) is 48.5 Å². The summed E-state index contributed by atoms with van der Waals surface area (Å²) in [4.78, 5) is 4.49. The van der Waals surface area contributed by atoms with E-state index in [9.17, 15) is 5.11 Å². The van der Waals surface area contributed by atoms with Crippen LogP contribution in [0.4, 0.5) is 0 Å². The molecule has 148 valence electrons. The number of nitrogens with zero attached hydrogens (tertiary/aromatic N) is 5. The fraction of sp³-hybridized carbons (Fsp3) is 0.238. The van der Waals surface area contributed by atoms with Crippen LogP contribution < -0.4 is 0 Å². The molecule has 2 heterocycles. The van der Waals surface area contributed by atoms with Gasteiger partial charge in [0.1, 0.15) is 5.82 Å². The van der Waals surface area contributed by atoms with E-state index in [1.54, 1.807) is 0 Å². The number of aromatic amines is 1. The van der Waals surface area contributed by atoms with Crippen molar-refractivity contribution < 1.29 is 5.11 Å². The summed E-state index contributed by atoms with van der Waals surface area (Å²) in [7, 11) is 0. The second-order valence-corrected chi connectivity index (χ2v) is 7.07. The molecule has 0 amide bonds. The number of aromatic nitrogens is 6. The predicted octanol–water partition coefficient (Wildman–Crippen LogP) is 4.21. The molecule has 0 atom stereocenters. The minimum absolute atomic E-state index is 0.197. The lowest BCUT2D eigenvalue weighted by Crippen LogP contribution is -2.06. The lowest BCUT2D eigenvalue weighted by molar-refractivity contribution is 0.274. The van der Waals surface area contributed by atoms with E-state index in [2.05, 4.69) is 32.5 Å². The maximum Gasteiger partial charge on any atom is 0.180 e. The largest absolute Gasteiger partial charge is 0.390 e. The van der Waals surface area contributed by atoms with Gasteiger partial charge in [-0.2, -0.15) is 0 Å².